The number of aliphatic carboxylic acids is 1. The number of carbonyl (C=O) groups is 2. The molecule has 20 heavy (non-hydrogen) atoms. The van der Waals surface area contributed by atoms with E-state index >= 15 is 0 Å². The number of methoxy groups -OCH3 is 1. The Balaban J connectivity index is 3.01. The van der Waals surface area contributed by atoms with Gasteiger partial charge >= 0.3 is 5.97 Å². The summed E-state index contributed by atoms with van der Waals surface area (Å²) in [5.41, 5.74) is 0.494. The van der Waals surface area contributed by atoms with Crippen LogP contribution < -0.4 is 4.74 Å². The highest BCUT2D eigenvalue weighted by Gasteiger charge is 2.21. The topological polar surface area (TPSA) is 66.8 Å². The van der Waals surface area contributed by atoms with Crippen LogP contribution in [0.1, 0.15) is 24.2 Å². The van der Waals surface area contributed by atoms with Crippen molar-refractivity contribution in [3.8, 4) is 5.75 Å². The van der Waals surface area contributed by atoms with Crippen molar-refractivity contribution in [2.45, 2.75) is 13.8 Å². The van der Waals surface area contributed by atoms with Crippen LogP contribution in [-0.4, -0.2) is 42.1 Å². The van der Waals surface area contributed by atoms with Crippen LogP contribution in [0.5, 0.6) is 5.75 Å². The molecule has 0 radical (unpaired) electrons. The van der Waals surface area contributed by atoms with E-state index in [2.05, 4.69) is 22.6 Å². The van der Waals surface area contributed by atoms with Gasteiger partial charge in [0.2, 0.25) is 0 Å². The predicted molar refractivity (Wildman–Crippen MR) is 84.1 cm³/mol. The minimum absolute atomic E-state index is 0.203. The lowest BCUT2D eigenvalue weighted by molar-refractivity contribution is -0.137. The van der Waals surface area contributed by atoms with Crippen molar-refractivity contribution in [1.82, 2.24) is 4.90 Å². The van der Waals surface area contributed by atoms with Crippen LogP contribution in [0.15, 0.2) is 18.2 Å². The third-order valence-electron chi connectivity index (χ3n) is 2.61. The summed E-state index contributed by atoms with van der Waals surface area (Å²) in [6, 6.07) is 5.12. The number of amides is 1. The lowest BCUT2D eigenvalue weighted by Gasteiger charge is -2.23. The molecule has 0 aromatic heterocycles. The second-order valence-electron chi connectivity index (χ2n) is 4.82. The van der Waals surface area contributed by atoms with Gasteiger partial charge in [-0.25, -0.2) is 0 Å². The second kappa shape index (κ2) is 7.47. The van der Waals surface area contributed by atoms with E-state index in [1.54, 1.807) is 25.3 Å². The molecule has 1 N–H and O–H groups in total. The fourth-order valence-corrected chi connectivity index (χ4v) is 2.51. The summed E-state index contributed by atoms with van der Waals surface area (Å²) in [4.78, 5) is 24.7. The fraction of sp³-hybridized carbons (Fsp3) is 0.429. The Morgan fingerprint density at radius 2 is 2.05 bits per heavy atom. The average Bonchev–Trinajstić information content (AvgIpc) is 2.35. The third kappa shape index (κ3) is 4.66. The number of carboxylic acid groups (broad SMARTS) is 1. The molecule has 0 saturated heterocycles. The van der Waals surface area contributed by atoms with Gasteiger partial charge < -0.3 is 14.7 Å². The third-order valence-corrected chi connectivity index (χ3v) is 3.50. The molecule has 1 rings (SSSR count). The minimum atomic E-state index is -1.01. The van der Waals surface area contributed by atoms with E-state index in [1.165, 1.54) is 4.90 Å². The van der Waals surface area contributed by atoms with Gasteiger partial charge in [-0.2, -0.15) is 0 Å². The van der Waals surface area contributed by atoms with E-state index in [0.717, 1.165) is 3.57 Å². The maximum absolute atomic E-state index is 12.5. The highest BCUT2D eigenvalue weighted by atomic mass is 127. The molecule has 0 atom stereocenters. The molecule has 110 valence electrons. The van der Waals surface area contributed by atoms with Crippen LogP contribution in [0.2, 0.25) is 0 Å². The number of carbonyl (C=O) groups excluding carboxylic acids is 1. The molecule has 0 saturated carbocycles. The van der Waals surface area contributed by atoms with Crippen LogP contribution in [0, 0.1) is 9.49 Å². The average molecular weight is 391 g/mol. The molecule has 0 aliphatic carbocycles. The number of carboxylic acids is 1. The van der Waals surface area contributed by atoms with Gasteiger partial charge in [0.1, 0.15) is 12.3 Å². The number of rotatable bonds is 6. The zero-order valence-electron chi connectivity index (χ0n) is 11.7. The Morgan fingerprint density at radius 3 is 2.50 bits per heavy atom. The van der Waals surface area contributed by atoms with E-state index < -0.39 is 5.97 Å². The molecule has 0 aliphatic heterocycles. The number of hydrogen-bond donors (Lipinski definition) is 1. The molecule has 1 aromatic rings. The number of halogens is 1. The molecule has 0 fully saturated rings. The van der Waals surface area contributed by atoms with Crippen molar-refractivity contribution in [2.75, 3.05) is 20.2 Å². The van der Waals surface area contributed by atoms with Crippen LogP contribution in [0.3, 0.4) is 0 Å². The van der Waals surface area contributed by atoms with Gasteiger partial charge in [0.15, 0.2) is 0 Å². The lowest BCUT2D eigenvalue weighted by Crippen LogP contribution is -2.38. The molecule has 0 heterocycles. The van der Waals surface area contributed by atoms with E-state index in [4.69, 9.17) is 9.84 Å². The van der Waals surface area contributed by atoms with Crippen molar-refractivity contribution in [2.24, 2.45) is 5.92 Å². The van der Waals surface area contributed by atoms with Gasteiger partial charge in [0.05, 0.1) is 12.7 Å². The second-order valence-corrected chi connectivity index (χ2v) is 5.98. The first-order valence-corrected chi connectivity index (χ1v) is 7.27. The number of ether oxygens (including phenoxy) is 1. The van der Waals surface area contributed by atoms with Gasteiger partial charge in [-0.05, 0) is 46.7 Å². The molecule has 1 amide bonds. The number of nitrogens with zero attached hydrogens (tertiary/aromatic N) is 1. The fourth-order valence-electron chi connectivity index (χ4n) is 1.79. The Hall–Kier alpha value is -1.31. The van der Waals surface area contributed by atoms with Crippen molar-refractivity contribution in [3.63, 3.8) is 0 Å². The van der Waals surface area contributed by atoms with Crippen molar-refractivity contribution in [3.05, 3.63) is 27.3 Å². The Labute approximate surface area is 132 Å². The molecule has 1 aromatic carbocycles. The Bertz CT molecular complexity index is 502. The predicted octanol–water partition coefficient (Wildman–Crippen LogP) is 2.48. The zero-order chi connectivity index (χ0) is 15.3. The van der Waals surface area contributed by atoms with Crippen molar-refractivity contribution in [1.29, 1.82) is 0 Å². The smallest absolute Gasteiger partial charge is 0.323 e. The molecule has 0 bridgehead atoms. The summed E-state index contributed by atoms with van der Waals surface area (Å²) in [5.74, 6) is -0.413. The summed E-state index contributed by atoms with van der Waals surface area (Å²) in [5, 5.41) is 8.93. The van der Waals surface area contributed by atoms with Gasteiger partial charge in [-0.3, -0.25) is 9.59 Å². The molecule has 0 unspecified atom stereocenters. The summed E-state index contributed by atoms with van der Waals surface area (Å²) in [7, 11) is 1.56. The van der Waals surface area contributed by atoms with E-state index in [9.17, 15) is 9.59 Å². The standard InChI is InChI=1S/C14H18INO4/c1-9(2)7-16(8-13(17)18)14(19)11-5-4-10(20-3)6-12(11)15/h4-6,9H,7-8H2,1-3H3,(H,17,18). The van der Waals surface area contributed by atoms with E-state index in [0.29, 0.717) is 17.9 Å². The van der Waals surface area contributed by atoms with Crippen LogP contribution in [0.4, 0.5) is 0 Å². The van der Waals surface area contributed by atoms with Crippen molar-refractivity contribution < 1.29 is 19.4 Å². The maximum Gasteiger partial charge on any atom is 0.323 e. The van der Waals surface area contributed by atoms with Crippen molar-refractivity contribution >= 4 is 34.5 Å². The Kier molecular flexibility index (Phi) is 6.25. The van der Waals surface area contributed by atoms with Crippen LogP contribution in [-0.2, 0) is 4.79 Å². The number of benzene rings is 1. The SMILES string of the molecule is COc1ccc(C(=O)N(CC(=O)O)CC(C)C)c(I)c1. The monoisotopic (exact) mass is 391 g/mol. The van der Waals surface area contributed by atoms with E-state index in [-0.39, 0.29) is 18.4 Å². The first kappa shape index (κ1) is 16.7. The summed E-state index contributed by atoms with van der Waals surface area (Å²) < 4.78 is 5.84. The Morgan fingerprint density at radius 1 is 1.40 bits per heavy atom. The molecule has 6 heteroatoms. The molecule has 0 aliphatic rings. The minimum Gasteiger partial charge on any atom is -0.497 e. The quantitative estimate of drug-likeness (QED) is 0.757. The first-order chi connectivity index (χ1) is 9.35. The highest BCUT2D eigenvalue weighted by Crippen LogP contribution is 2.21. The molecular weight excluding hydrogens is 373 g/mol. The summed E-state index contributed by atoms with van der Waals surface area (Å²) >= 11 is 2.05. The maximum atomic E-state index is 12.5. The van der Waals surface area contributed by atoms with Gasteiger partial charge in [-0.15, -0.1) is 0 Å². The normalized spacial score (nSPS) is 10.4. The molecule has 0 spiro atoms. The van der Waals surface area contributed by atoms with Gasteiger partial charge in [0.25, 0.3) is 5.91 Å². The lowest BCUT2D eigenvalue weighted by atomic mass is 10.1. The summed E-state index contributed by atoms with van der Waals surface area (Å²) in [6.07, 6.45) is 0. The number of hydrogen-bond acceptors (Lipinski definition) is 3. The summed E-state index contributed by atoms with van der Waals surface area (Å²) in [6.45, 7) is 4.01. The highest BCUT2D eigenvalue weighted by molar-refractivity contribution is 14.1. The van der Waals surface area contributed by atoms with Gasteiger partial charge in [-0.1, -0.05) is 13.8 Å². The van der Waals surface area contributed by atoms with Gasteiger partial charge in [0, 0.05) is 10.1 Å². The first-order valence-electron chi connectivity index (χ1n) is 6.19. The van der Waals surface area contributed by atoms with Crippen LogP contribution >= 0.6 is 22.6 Å². The largest absolute Gasteiger partial charge is 0.497 e. The van der Waals surface area contributed by atoms with E-state index in [1.807, 2.05) is 13.8 Å². The van der Waals surface area contributed by atoms with Crippen LogP contribution in [0.25, 0.3) is 0 Å². The molecule has 5 nitrogen and oxygen atoms in total. The zero-order valence-corrected chi connectivity index (χ0v) is 13.9. The molecular formula is C14H18INO4.